The molecule has 2 amide bonds. The smallest absolute Gasteiger partial charge is 0.257 e. The second kappa shape index (κ2) is 8.31. The zero-order valence-electron chi connectivity index (χ0n) is 15.3. The third kappa shape index (κ3) is 4.17. The Kier molecular flexibility index (Phi) is 5.86. The van der Waals surface area contributed by atoms with Crippen LogP contribution in [0.5, 0.6) is 11.5 Å². The summed E-state index contributed by atoms with van der Waals surface area (Å²) < 4.78 is 10.4. The molecular weight excluding hydrogens is 368 g/mol. The van der Waals surface area contributed by atoms with Crippen LogP contribution in [-0.2, 0) is 0 Å². The normalized spacial score (nSPS) is 14.0. The lowest BCUT2D eigenvalue weighted by atomic mass is 10.1. The van der Waals surface area contributed by atoms with E-state index in [0.717, 1.165) is 0 Å². The number of ether oxygens (including phenoxy) is 2. The van der Waals surface area contributed by atoms with Gasteiger partial charge in [-0.2, -0.15) is 0 Å². The first-order chi connectivity index (χ1) is 13.0. The van der Waals surface area contributed by atoms with Gasteiger partial charge in [0.25, 0.3) is 11.8 Å². The Balaban J connectivity index is 1.67. The number of hydrogen-bond donors (Lipinski definition) is 0. The van der Waals surface area contributed by atoms with Gasteiger partial charge >= 0.3 is 0 Å². The molecule has 1 heterocycles. The Morgan fingerprint density at radius 3 is 2.19 bits per heavy atom. The van der Waals surface area contributed by atoms with Crippen molar-refractivity contribution in [2.75, 3.05) is 40.4 Å². The fourth-order valence-electron chi connectivity index (χ4n) is 3.07. The predicted molar refractivity (Wildman–Crippen MR) is 103 cm³/mol. The Bertz CT molecular complexity index is 848. The molecule has 0 aromatic heterocycles. The summed E-state index contributed by atoms with van der Waals surface area (Å²) in [5.41, 5.74) is 1.00. The largest absolute Gasteiger partial charge is 0.497 e. The molecule has 1 fully saturated rings. The number of benzene rings is 2. The van der Waals surface area contributed by atoms with E-state index in [4.69, 9.17) is 21.1 Å². The maximum Gasteiger partial charge on any atom is 0.257 e. The summed E-state index contributed by atoms with van der Waals surface area (Å²) in [5, 5.41) is 0.478. The predicted octanol–water partition coefficient (Wildman–Crippen LogP) is 2.96. The van der Waals surface area contributed by atoms with Gasteiger partial charge in [0.1, 0.15) is 11.5 Å². The highest BCUT2D eigenvalue weighted by Crippen LogP contribution is 2.25. The second-order valence-corrected chi connectivity index (χ2v) is 6.60. The molecule has 7 heteroatoms. The average molecular weight is 389 g/mol. The molecule has 0 N–H and O–H groups in total. The number of carbonyl (C=O) groups is 2. The Hall–Kier alpha value is -2.73. The summed E-state index contributed by atoms with van der Waals surface area (Å²) in [6.07, 6.45) is 0. The third-order valence-electron chi connectivity index (χ3n) is 4.56. The molecule has 0 unspecified atom stereocenters. The highest BCUT2D eigenvalue weighted by molar-refractivity contribution is 6.31. The van der Waals surface area contributed by atoms with Gasteiger partial charge in [-0.05, 0) is 36.4 Å². The van der Waals surface area contributed by atoms with Crippen molar-refractivity contribution >= 4 is 23.4 Å². The van der Waals surface area contributed by atoms with E-state index in [0.29, 0.717) is 53.8 Å². The Morgan fingerprint density at radius 1 is 0.889 bits per heavy atom. The molecule has 2 aromatic rings. The standard InChI is InChI=1S/C20H21ClN2O4/c1-26-16-5-3-4-14(12-16)19(24)22-8-10-23(11-9-22)20(25)17-13-15(21)6-7-18(17)27-2/h3-7,12-13H,8-11H2,1-2H3. The number of piperazine rings is 1. The van der Waals surface area contributed by atoms with Gasteiger partial charge < -0.3 is 19.3 Å². The van der Waals surface area contributed by atoms with E-state index in [9.17, 15) is 9.59 Å². The molecule has 27 heavy (non-hydrogen) atoms. The van der Waals surface area contributed by atoms with Crippen molar-refractivity contribution in [1.29, 1.82) is 0 Å². The number of halogens is 1. The third-order valence-corrected chi connectivity index (χ3v) is 4.80. The SMILES string of the molecule is COc1cccc(C(=O)N2CCN(C(=O)c3cc(Cl)ccc3OC)CC2)c1. The second-order valence-electron chi connectivity index (χ2n) is 6.16. The molecular formula is C20H21ClN2O4. The molecule has 1 saturated heterocycles. The van der Waals surface area contributed by atoms with E-state index >= 15 is 0 Å². The Labute approximate surface area is 163 Å². The minimum absolute atomic E-state index is 0.0682. The number of hydrogen-bond acceptors (Lipinski definition) is 4. The van der Waals surface area contributed by atoms with Crippen molar-refractivity contribution in [2.24, 2.45) is 0 Å². The van der Waals surface area contributed by atoms with Gasteiger partial charge in [0.15, 0.2) is 0 Å². The van der Waals surface area contributed by atoms with Crippen LogP contribution in [0.4, 0.5) is 0 Å². The molecule has 0 bridgehead atoms. The summed E-state index contributed by atoms with van der Waals surface area (Å²) in [5.74, 6) is 0.908. The van der Waals surface area contributed by atoms with Gasteiger partial charge in [0.05, 0.1) is 19.8 Å². The average Bonchev–Trinajstić information content (AvgIpc) is 2.72. The number of methoxy groups -OCH3 is 2. The molecule has 6 nitrogen and oxygen atoms in total. The van der Waals surface area contributed by atoms with Crippen LogP contribution in [0.1, 0.15) is 20.7 Å². The van der Waals surface area contributed by atoms with Crippen LogP contribution in [-0.4, -0.2) is 62.0 Å². The lowest BCUT2D eigenvalue weighted by Crippen LogP contribution is -2.50. The van der Waals surface area contributed by atoms with Crippen molar-refractivity contribution in [2.45, 2.75) is 0 Å². The zero-order chi connectivity index (χ0) is 19.4. The fourth-order valence-corrected chi connectivity index (χ4v) is 3.24. The van der Waals surface area contributed by atoms with Gasteiger partial charge in [0, 0.05) is 36.8 Å². The Morgan fingerprint density at radius 2 is 1.56 bits per heavy atom. The molecule has 0 aliphatic carbocycles. The van der Waals surface area contributed by atoms with Crippen LogP contribution >= 0.6 is 11.6 Å². The van der Waals surface area contributed by atoms with E-state index < -0.39 is 0 Å². The van der Waals surface area contributed by atoms with Crippen LogP contribution in [0.2, 0.25) is 5.02 Å². The zero-order valence-corrected chi connectivity index (χ0v) is 16.0. The van der Waals surface area contributed by atoms with Crippen LogP contribution < -0.4 is 9.47 Å². The summed E-state index contributed by atoms with van der Waals surface area (Å²) in [6, 6.07) is 12.0. The minimum Gasteiger partial charge on any atom is -0.497 e. The molecule has 0 saturated carbocycles. The van der Waals surface area contributed by atoms with Crippen LogP contribution in [0.25, 0.3) is 0 Å². The molecule has 1 aliphatic rings. The molecule has 2 aromatic carbocycles. The van der Waals surface area contributed by atoms with E-state index in [1.807, 2.05) is 0 Å². The first-order valence-electron chi connectivity index (χ1n) is 8.59. The maximum absolute atomic E-state index is 12.8. The van der Waals surface area contributed by atoms with Crippen LogP contribution in [0.15, 0.2) is 42.5 Å². The van der Waals surface area contributed by atoms with Crippen LogP contribution in [0.3, 0.4) is 0 Å². The van der Waals surface area contributed by atoms with Gasteiger partial charge in [-0.3, -0.25) is 9.59 Å². The lowest BCUT2D eigenvalue weighted by molar-refractivity contribution is 0.0533. The molecule has 3 rings (SSSR count). The highest BCUT2D eigenvalue weighted by Gasteiger charge is 2.27. The van der Waals surface area contributed by atoms with Crippen molar-refractivity contribution in [3.05, 3.63) is 58.6 Å². The van der Waals surface area contributed by atoms with Gasteiger partial charge in [0.2, 0.25) is 0 Å². The maximum atomic E-state index is 12.8. The first-order valence-corrected chi connectivity index (χ1v) is 8.97. The van der Waals surface area contributed by atoms with Crippen molar-refractivity contribution < 1.29 is 19.1 Å². The molecule has 0 atom stereocenters. The van der Waals surface area contributed by atoms with Crippen LogP contribution in [0, 0.1) is 0 Å². The summed E-state index contributed by atoms with van der Waals surface area (Å²) in [4.78, 5) is 29.0. The first kappa shape index (κ1) is 19.0. The highest BCUT2D eigenvalue weighted by atomic mass is 35.5. The molecule has 0 spiro atoms. The number of rotatable bonds is 4. The molecule has 142 valence electrons. The van der Waals surface area contributed by atoms with Gasteiger partial charge in [-0.15, -0.1) is 0 Å². The quantitative estimate of drug-likeness (QED) is 0.808. The van der Waals surface area contributed by atoms with Gasteiger partial charge in [-0.1, -0.05) is 17.7 Å². The number of nitrogens with zero attached hydrogens (tertiary/aromatic N) is 2. The van der Waals surface area contributed by atoms with Gasteiger partial charge in [-0.25, -0.2) is 0 Å². The molecule has 0 radical (unpaired) electrons. The van der Waals surface area contributed by atoms with Crippen molar-refractivity contribution in [1.82, 2.24) is 9.80 Å². The monoisotopic (exact) mass is 388 g/mol. The summed E-state index contributed by atoms with van der Waals surface area (Å²) >= 11 is 6.02. The van der Waals surface area contributed by atoms with Crippen molar-refractivity contribution in [3.8, 4) is 11.5 Å². The fraction of sp³-hybridized carbons (Fsp3) is 0.300. The summed E-state index contributed by atoms with van der Waals surface area (Å²) in [7, 11) is 3.09. The number of amides is 2. The minimum atomic E-state index is -0.150. The van der Waals surface area contributed by atoms with Crippen molar-refractivity contribution in [3.63, 3.8) is 0 Å². The molecule has 1 aliphatic heterocycles. The van der Waals surface area contributed by atoms with E-state index in [2.05, 4.69) is 0 Å². The number of carbonyl (C=O) groups excluding carboxylic acids is 2. The summed E-state index contributed by atoms with van der Waals surface area (Å²) in [6.45, 7) is 1.82. The lowest BCUT2D eigenvalue weighted by Gasteiger charge is -2.35. The van der Waals surface area contributed by atoms with E-state index in [-0.39, 0.29) is 11.8 Å². The van der Waals surface area contributed by atoms with E-state index in [1.54, 1.807) is 59.4 Å². The van der Waals surface area contributed by atoms with E-state index in [1.165, 1.54) is 7.11 Å². The topological polar surface area (TPSA) is 59.1 Å².